The average molecular weight is 400 g/mol. The molecule has 0 aliphatic carbocycles. The molecule has 0 unspecified atom stereocenters. The quantitative estimate of drug-likeness (QED) is 0.793. The molecule has 0 radical (unpaired) electrons. The summed E-state index contributed by atoms with van der Waals surface area (Å²) >= 11 is 1.44. The Morgan fingerprint density at radius 1 is 1.04 bits per heavy atom. The lowest BCUT2D eigenvalue weighted by molar-refractivity contribution is -0.135. The predicted molar refractivity (Wildman–Crippen MR) is 110 cm³/mol. The van der Waals surface area contributed by atoms with Crippen LogP contribution in [0.25, 0.3) is 0 Å². The number of thiophene rings is 1. The number of hydrogen-bond donors (Lipinski definition) is 0. The van der Waals surface area contributed by atoms with Crippen molar-refractivity contribution in [3.8, 4) is 5.75 Å². The molecule has 1 aromatic carbocycles. The first-order valence-electron chi connectivity index (χ1n) is 9.69. The van der Waals surface area contributed by atoms with Gasteiger partial charge in [-0.25, -0.2) is 0 Å². The van der Waals surface area contributed by atoms with Crippen LogP contribution in [0.1, 0.15) is 22.5 Å². The lowest BCUT2D eigenvalue weighted by atomic mass is 10.1. The topological polar surface area (TPSA) is 53.1 Å². The van der Waals surface area contributed by atoms with Gasteiger partial charge in [0.05, 0.1) is 12.0 Å². The number of carbonyl (C=O) groups is 2. The number of ether oxygens (including phenoxy) is 1. The van der Waals surface area contributed by atoms with E-state index in [0.29, 0.717) is 24.5 Å². The standard InChI is InChI=1S/C21H25N3O3S/c1-27-17-8-6-16(7-9-17)22-11-13-23(14-12-22)20(25)18-4-2-10-24(18)21(26)19-5-3-15-28-19/h3,5-9,15,18H,2,4,10-14H2,1H3/t18-/m1/s1. The Morgan fingerprint density at radius 2 is 1.79 bits per heavy atom. The molecule has 0 bridgehead atoms. The zero-order valence-electron chi connectivity index (χ0n) is 16.0. The van der Waals surface area contributed by atoms with E-state index in [2.05, 4.69) is 17.0 Å². The van der Waals surface area contributed by atoms with Gasteiger partial charge in [0.15, 0.2) is 0 Å². The van der Waals surface area contributed by atoms with Crippen molar-refractivity contribution in [2.75, 3.05) is 44.7 Å². The summed E-state index contributed by atoms with van der Waals surface area (Å²) in [4.78, 5) is 32.5. The minimum Gasteiger partial charge on any atom is -0.497 e. The maximum Gasteiger partial charge on any atom is 0.264 e. The van der Waals surface area contributed by atoms with Gasteiger partial charge in [-0.05, 0) is 48.6 Å². The van der Waals surface area contributed by atoms with Gasteiger partial charge < -0.3 is 19.4 Å². The number of hydrogen-bond acceptors (Lipinski definition) is 5. The van der Waals surface area contributed by atoms with Gasteiger partial charge in [-0.2, -0.15) is 0 Å². The number of nitrogens with zero attached hydrogens (tertiary/aromatic N) is 3. The first kappa shape index (κ1) is 18.8. The normalized spacial score (nSPS) is 19.8. The van der Waals surface area contributed by atoms with E-state index in [9.17, 15) is 9.59 Å². The summed E-state index contributed by atoms with van der Waals surface area (Å²) in [5.41, 5.74) is 1.14. The summed E-state index contributed by atoms with van der Waals surface area (Å²) in [6, 6.07) is 11.4. The fourth-order valence-electron chi connectivity index (χ4n) is 4.00. The van der Waals surface area contributed by atoms with E-state index >= 15 is 0 Å². The molecule has 148 valence electrons. The maximum absolute atomic E-state index is 13.1. The number of amides is 2. The number of benzene rings is 1. The highest BCUT2D eigenvalue weighted by atomic mass is 32.1. The van der Waals surface area contributed by atoms with Crippen molar-refractivity contribution in [3.63, 3.8) is 0 Å². The number of carbonyl (C=O) groups excluding carboxylic acids is 2. The second-order valence-electron chi connectivity index (χ2n) is 7.14. The predicted octanol–water partition coefficient (Wildman–Crippen LogP) is 2.71. The van der Waals surface area contributed by atoms with Gasteiger partial charge in [-0.3, -0.25) is 9.59 Å². The zero-order chi connectivity index (χ0) is 19.5. The Morgan fingerprint density at radius 3 is 2.43 bits per heavy atom. The van der Waals surface area contributed by atoms with Gasteiger partial charge in [0.25, 0.3) is 5.91 Å². The van der Waals surface area contributed by atoms with Gasteiger partial charge in [-0.1, -0.05) is 6.07 Å². The third-order valence-corrected chi connectivity index (χ3v) is 6.42. The van der Waals surface area contributed by atoms with E-state index in [4.69, 9.17) is 4.74 Å². The van der Waals surface area contributed by atoms with Crippen LogP contribution in [0, 0.1) is 0 Å². The second kappa shape index (κ2) is 8.22. The minimum absolute atomic E-state index is 0.0114. The molecule has 1 aromatic heterocycles. The molecule has 7 heteroatoms. The molecule has 1 atom stereocenters. The first-order chi connectivity index (χ1) is 13.7. The van der Waals surface area contributed by atoms with Crippen molar-refractivity contribution in [2.45, 2.75) is 18.9 Å². The molecular formula is C21H25N3O3S. The Kier molecular flexibility index (Phi) is 5.52. The van der Waals surface area contributed by atoms with E-state index in [1.807, 2.05) is 34.5 Å². The van der Waals surface area contributed by atoms with Crippen LogP contribution in [0.3, 0.4) is 0 Å². The van der Waals surface area contributed by atoms with Crippen LogP contribution < -0.4 is 9.64 Å². The summed E-state index contributed by atoms with van der Waals surface area (Å²) in [5, 5.41) is 1.90. The number of rotatable bonds is 4. The van der Waals surface area contributed by atoms with Crippen LogP contribution in [0.2, 0.25) is 0 Å². The third kappa shape index (κ3) is 3.71. The van der Waals surface area contributed by atoms with Crippen molar-refractivity contribution < 1.29 is 14.3 Å². The fraction of sp³-hybridized carbons (Fsp3) is 0.429. The lowest BCUT2D eigenvalue weighted by Gasteiger charge is -2.38. The van der Waals surface area contributed by atoms with E-state index in [1.54, 1.807) is 12.0 Å². The molecule has 0 saturated carbocycles. The summed E-state index contributed by atoms with van der Waals surface area (Å²) in [5.74, 6) is 0.925. The van der Waals surface area contributed by atoms with E-state index in [-0.39, 0.29) is 17.9 Å². The molecular weight excluding hydrogens is 374 g/mol. The minimum atomic E-state index is -0.317. The Hall–Kier alpha value is -2.54. The van der Waals surface area contributed by atoms with Crippen molar-refractivity contribution in [3.05, 3.63) is 46.7 Å². The highest BCUT2D eigenvalue weighted by Crippen LogP contribution is 2.25. The maximum atomic E-state index is 13.1. The largest absolute Gasteiger partial charge is 0.497 e. The molecule has 4 rings (SSSR count). The van der Waals surface area contributed by atoms with Gasteiger partial charge in [-0.15, -0.1) is 11.3 Å². The fourth-order valence-corrected chi connectivity index (χ4v) is 4.68. The SMILES string of the molecule is COc1ccc(N2CCN(C(=O)[C@H]3CCCN3C(=O)c3cccs3)CC2)cc1. The highest BCUT2D eigenvalue weighted by Gasteiger charge is 2.37. The van der Waals surface area contributed by atoms with Crippen molar-refractivity contribution in [1.82, 2.24) is 9.80 Å². The molecule has 3 heterocycles. The number of methoxy groups -OCH3 is 1. The molecule has 2 aliphatic heterocycles. The zero-order valence-corrected chi connectivity index (χ0v) is 16.9. The molecule has 2 saturated heterocycles. The average Bonchev–Trinajstić information content (AvgIpc) is 3.45. The van der Waals surface area contributed by atoms with E-state index in [0.717, 1.165) is 37.4 Å². The van der Waals surface area contributed by atoms with Crippen LogP contribution in [0.5, 0.6) is 5.75 Å². The van der Waals surface area contributed by atoms with Crippen LogP contribution in [-0.2, 0) is 4.79 Å². The summed E-state index contributed by atoms with van der Waals surface area (Å²) in [7, 11) is 1.66. The van der Waals surface area contributed by atoms with Crippen LogP contribution >= 0.6 is 11.3 Å². The van der Waals surface area contributed by atoms with Gasteiger partial charge in [0.1, 0.15) is 11.8 Å². The van der Waals surface area contributed by atoms with Crippen molar-refractivity contribution in [1.29, 1.82) is 0 Å². The van der Waals surface area contributed by atoms with Crippen LogP contribution in [0.15, 0.2) is 41.8 Å². The number of likely N-dealkylation sites (tertiary alicyclic amines) is 1. The highest BCUT2D eigenvalue weighted by molar-refractivity contribution is 7.12. The van der Waals surface area contributed by atoms with Gasteiger partial charge in [0, 0.05) is 38.4 Å². The van der Waals surface area contributed by atoms with Crippen molar-refractivity contribution >= 4 is 28.8 Å². The molecule has 2 aromatic rings. The number of anilines is 1. The van der Waals surface area contributed by atoms with Crippen molar-refractivity contribution in [2.24, 2.45) is 0 Å². The first-order valence-corrected chi connectivity index (χ1v) is 10.6. The Labute approximate surface area is 169 Å². The smallest absolute Gasteiger partial charge is 0.264 e. The van der Waals surface area contributed by atoms with E-state index in [1.165, 1.54) is 11.3 Å². The summed E-state index contributed by atoms with van der Waals surface area (Å²) in [6.45, 7) is 3.62. The van der Waals surface area contributed by atoms with Crippen LogP contribution in [-0.4, -0.2) is 67.5 Å². The monoisotopic (exact) mass is 399 g/mol. The molecule has 0 N–H and O–H groups in total. The molecule has 28 heavy (non-hydrogen) atoms. The summed E-state index contributed by atoms with van der Waals surface area (Å²) in [6.07, 6.45) is 1.65. The molecule has 2 fully saturated rings. The molecule has 0 spiro atoms. The molecule has 6 nitrogen and oxygen atoms in total. The number of piperazine rings is 1. The Bertz CT molecular complexity index is 814. The van der Waals surface area contributed by atoms with Gasteiger partial charge >= 0.3 is 0 Å². The van der Waals surface area contributed by atoms with E-state index < -0.39 is 0 Å². The summed E-state index contributed by atoms with van der Waals surface area (Å²) < 4.78 is 5.22. The third-order valence-electron chi connectivity index (χ3n) is 5.56. The second-order valence-corrected chi connectivity index (χ2v) is 8.09. The molecule has 2 amide bonds. The Balaban J connectivity index is 1.37. The molecule has 2 aliphatic rings. The van der Waals surface area contributed by atoms with Gasteiger partial charge in [0.2, 0.25) is 5.91 Å². The van der Waals surface area contributed by atoms with Crippen LogP contribution in [0.4, 0.5) is 5.69 Å². The lowest BCUT2D eigenvalue weighted by Crippen LogP contribution is -2.54.